The molecule has 12 heteroatoms. The Morgan fingerprint density at radius 3 is 2.59 bits per heavy atom. The number of hydrogen-bond donors (Lipinski definition) is 4. The summed E-state index contributed by atoms with van der Waals surface area (Å²) in [7, 11) is 0. The fourth-order valence-electron chi connectivity index (χ4n) is 3.89. The van der Waals surface area contributed by atoms with Gasteiger partial charge in [-0.2, -0.15) is 0 Å². The Balaban J connectivity index is 1.50. The van der Waals surface area contributed by atoms with Crippen molar-refractivity contribution in [2.45, 2.75) is 51.2 Å². The Morgan fingerprint density at radius 2 is 1.88 bits per heavy atom. The van der Waals surface area contributed by atoms with Gasteiger partial charge in [-0.15, -0.1) is 5.10 Å². The van der Waals surface area contributed by atoms with Crippen LogP contribution in [0.5, 0.6) is 0 Å². The summed E-state index contributed by atoms with van der Waals surface area (Å²) >= 11 is 0. The predicted octanol–water partition coefficient (Wildman–Crippen LogP) is -0.464. The molecule has 4 rings (SSSR count). The van der Waals surface area contributed by atoms with E-state index < -0.39 is 42.9 Å². The van der Waals surface area contributed by atoms with E-state index in [0.717, 1.165) is 24.2 Å². The van der Waals surface area contributed by atoms with Crippen molar-refractivity contribution in [3.63, 3.8) is 0 Å². The number of benzene rings is 1. The van der Waals surface area contributed by atoms with Crippen LogP contribution in [0, 0.1) is 0 Å². The molecule has 0 unspecified atom stereocenters. The molecule has 2 aromatic heterocycles. The molecule has 1 aliphatic heterocycles. The van der Waals surface area contributed by atoms with Crippen molar-refractivity contribution in [1.82, 2.24) is 15.0 Å². The monoisotopic (exact) mass is 476 g/mol. The van der Waals surface area contributed by atoms with Crippen molar-refractivity contribution in [3.8, 4) is 5.69 Å². The Bertz CT molecular complexity index is 1180. The topological polar surface area (TPSA) is 164 Å². The van der Waals surface area contributed by atoms with E-state index in [2.05, 4.69) is 29.1 Å². The number of fused-ring (bicyclic) bond motifs is 1. The second kappa shape index (κ2) is 10.2. The molecule has 1 saturated heterocycles. The summed E-state index contributed by atoms with van der Waals surface area (Å²) in [4.78, 5) is 14.8. The van der Waals surface area contributed by atoms with Gasteiger partial charge in [-0.1, -0.05) is 5.21 Å². The smallest absolute Gasteiger partial charge is 0.362 e. The third-order valence-corrected chi connectivity index (χ3v) is 5.86. The van der Waals surface area contributed by atoms with E-state index in [1.54, 1.807) is 6.07 Å². The molecule has 3 heterocycles. The molecular weight excluding hydrogens is 448 g/mol. The third kappa shape index (κ3) is 4.69. The van der Waals surface area contributed by atoms with Crippen LogP contribution in [0.3, 0.4) is 0 Å². The van der Waals surface area contributed by atoms with Crippen LogP contribution < -0.4 is 10.5 Å². The number of aliphatic hydroxyl groups is 4. The number of nitrogens with zero attached hydrogens (tertiary/aromatic N) is 4. The maximum Gasteiger partial charge on any atom is 0.362 e. The highest BCUT2D eigenvalue weighted by Gasteiger charge is 2.44. The van der Waals surface area contributed by atoms with Crippen molar-refractivity contribution >= 4 is 16.7 Å². The van der Waals surface area contributed by atoms with E-state index in [-0.39, 0.29) is 12.3 Å². The van der Waals surface area contributed by atoms with Crippen LogP contribution in [0.25, 0.3) is 16.7 Å². The van der Waals surface area contributed by atoms with E-state index in [9.17, 15) is 25.2 Å². The van der Waals surface area contributed by atoms with Crippen molar-refractivity contribution in [2.24, 2.45) is 0 Å². The highest BCUT2D eigenvalue weighted by atomic mass is 16.7. The first kappa shape index (κ1) is 24.3. The zero-order valence-corrected chi connectivity index (χ0v) is 18.8. The molecule has 4 N–H and O–H groups in total. The highest BCUT2D eigenvalue weighted by molar-refractivity contribution is 5.82. The summed E-state index contributed by atoms with van der Waals surface area (Å²) in [6, 6.07) is 7.31. The predicted molar refractivity (Wildman–Crippen MR) is 120 cm³/mol. The Hall–Kier alpha value is -2.87. The highest BCUT2D eigenvalue weighted by Crippen LogP contribution is 2.24. The van der Waals surface area contributed by atoms with Gasteiger partial charge in [-0.3, -0.25) is 0 Å². The lowest BCUT2D eigenvalue weighted by atomic mass is 9.99. The quantitative estimate of drug-likeness (QED) is 0.311. The first-order valence-corrected chi connectivity index (χ1v) is 11.0. The lowest BCUT2D eigenvalue weighted by Gasteiger charge is -2.39. The molecule has 0 saturated carbocycles. The van der Waals surface area contributed by atoms with Gasteiger partial charge in [0.25, 0.3) is 0 Å². The molecule has 0 bridgehead atoms. The van der Waals surface area contributed by atoms with E-state index in [1.165, 1.54) is 10.9 Å². The van der Waals surface area contributed by atoms with Crippen LogP contribution in [0.4, 0.5) is 5.69 Å². The zero-order chi connectivity index (χ0) is 24.4. The van der Waals surface area contributed by atoms with Gasteiger partial charge in [0, 0.05) is 30.2 Å². The molecule has 0 radical (unpaired) electrons. The van der Waals surface area contributed by atoms with Gasteiger partial charge in [-0.25, -0.2) is 9.48 Å². The van der Waals surface area contributed by atoms with Crippen LogP contribution in [0.2, 0.25) is 0 Å². The molecular formula is C22H28N4O8. The molecule has 184 valence electrons. The molecule has 34 heavy (non-hydrogen) atoms. The van der Waals surface area contributed by atoms with Crippen molar-refractivity contribution < 1.29 is 34.3 Å². The molecule has 1 aliphatic rings. The minimum Gasteiger partial charge on any atom is -0.421 e. The van der Waals surface area contributed by atoms with Crippen LogP contribution in [-0.4, -0.2) is 85.8 Å². The minimum absolute atomic E-state index is 0.162. The third-order valence-electron chi connectivity index (χ3n) is 5.86. The van der Waals surface area contributed by atoms with E-state index >= 15 is 0 Å². The van der Waals surface area contributed by atoms with Crippen molar-refractivity contribution in [1.29, 1.82) is 0 Å². The number of rotatable bonds is 8. The van der Waals surface area contributed by atoms with Gasteiger partial charge in [0.15, 0.2) is 12.0 Å². The summed E-state index contributed by atoms with van der Waals surface area (Å²) in [6.45, 7) is 5.03. The minimum atomic E-state index is -1.55. The lowest BCUT2D eigenvalue weighted by molar-refractivity contribution is -0.304. The summed E-state index contributed by atoms with van der Waals surface area (Å²) in [5.74, 6) is 0. The Labute approximate surface area is 194 Å². The zero-order valence-electron chi connectivity index (χ0n) is 18.8. The fourth-order valence-corrected chi connectivity index (χ4v) is 3.89. The molecule has 12 nitrogen and oxygen atoms in total. The lowest BCUT2D eigenvalue weighted by Crippen LogP contribution is -2.59. The molecule has 0 spiro atoms. The standard InChI is InChI=1S/C22H28N4O8/c1-3-25(4-2)14-6-5-12-7-15(21(31)33-16(12)8-14)26-9-13(23-24-26)11-32-22-20(30)19(29)18(28)17(10-27)34-22/h5-9,17-20,22,27-30H,3-4,10-11H2,1-2H3/t17-,18-,19+,20+,22+/m1/s1. The van der Waals surface area contributed by atoms with Gasteiger partial charge in [0.2, 0.25) is 0 Å². The van der Waals surface area contributed by atoms with E-state index in [4.69, 9.17) is 13.9 Å². The number of aliphatic hydroxyl groups excluding tert-OH is 4. The molecule has 1 fully saturated rings. The summed E-state index contributed by atoms with van der Waals surface area (Å²) < 4.78 is 17.5. The maximum absolute atomic E-state index is 12.6. The summed E-state index contributed by atoms with van der Waals surface area (Å²) in [5.41, 5.74) is 1.31. The average molecular weight is 476 g/mol. The Kier molecular flexibility index (Phi) is 7.26. The van der Waals surface area contributed by atoms with Gasteiger partial charge in [0.1, 0.15) is 35.7 Å². The molecule has 5 atom stereocenters. The molecule has 3 aromatic rings. The first-order valence-electron chi connectivity index (χ1n) is 11.0. The van der Waals surface area contributed by atoms with Crippen LogP contribution in [0.15, 0.2) is 39.7 Å². The average Bonchev–Trinajstić information content (AvgIpc) is 3.31. The number of anilines is 1. The van der Waals surface area contributed by atoms with Crippen LogP contribution in [-0.2, 0) is 16.1 Å². The Morgan fingerprint density at radius 1 is 1.12 bits per heavy atom. The first-order chi connectivity index (χ1) is 16.4. The molecule has 0 amide bonds. The van der Waals surface area contributed by atoms with E-state index in [0.29, 0.717) is 11.3 Å². The summed E-state index contributed by atoms with van der Waals surface area (Å²) in [6.07, 6.45) is -5.46. The SMILES string of the molecule is CCN(CC)c1ccc2cc(-n3cc(CO[C@H]4O[C@H](CO)[C@@H](O)[C@H](O)[C@@H]4O)nn3)c(=O)oc2c1. The number of ether oxygens (including phenoxy) is 2. The maximum atomic E-state index is 12.6. The van der Waals surface area contributed by atoms with Gasteiger partial charge >= 0.3 is 5.63 Å². The molecule has 0 aliphatic carbocycles. The van der Waals surface area contributed by atoms with Crippen LogP contribution in [0.1, 0.15) is 19.5 Å². The van der Waals surface area contributed by atoms with E-state index in [1.807, 2.05) is 18.2 Å². The van der Waals surface area contributed by atoms with Crippen molar-refractivity contribution in [2.75, 3.05) is 24.6 Å². The van der Waals surface area contributed by atoms with Crippen LogP contribution >= 0.6 is 0 Å². The molecule has 1 aromatic carbocycles. The number of aromatic nitrogens is 3. The second-order valence-electron chi connectivity index (χ2n) is 7.98. The summed E-state index contributed by atoms with van der Waals surface area (Å²) in [5, 5.41) is 47.7. The second-order valence-corrected chi connectivity index (χ2v) is 7.98. The van der Waals surface area contributed by atoms with Gasteiger partial charge in [0.05, 0.1) is 19.4 Å². The number of hydrogen-bond acceptors (Lipinski definition) is 11. The normalized spacial score (nSPS) is 25.1. The van der Waals surface area contributed by atoms with Crippen molar-refractivity contribution in [3.05, 3.63) is 46.6 Å². The fraction of sp³-hybridized carbons (Fsp3) is 0.500. The van der Waals surface area contributed by atoms with Gasteiger partial charge in [-0.05, 0) is 32.0 Å². The van der Waals surface area contributed by atoms with Gasteiger partial charge < -0.3 is 39.2 Å². The largest absolute Gasteiger partial charge is 0.421 e.